The maximum Gasteiger partial charge on any atom is 0.317 e. The molecule has 1 atom stereocenters. The zero-order valence-corrected chi connectivity index (χ0v) is 12.1. The van der Waals surface area contributed by atoms with Gasteiger partial charge in [-0.25, -0.2) is 4.79 Å². The molecule has 0 spiro atoms. The number of aliphatic carboxylic acids is 1. The molecule has 3 amide bonds. The van der Waals surface area contributed by atoms with Gasteiger partial charge in [-0.2, -0.15) is 0 Å². The standard InChI is InChI=1S/C13H23N3O4/c1-13(11(19)14-2)6-8-16(9-13)12(20)15-7-4-3-5-10(17)18/h3-9H2,1-2H3,(H,14,19)(H,15,20)(H,17,18). The van der Waals surface area contributed by atoms with Gasteiger partial charge < -0.3 is 20.6 Å². The lowest BCUT2D eigenvalue weighted by molar-refractivity contribution is -0.137. The van der Waals surface area contributed by atoms with Gasteiger partial charge >= 0.3 is 12.0 Å². The van der Waals surface area contributed by atoms with Crippen molar-refractivity contribution in [1.29, 1.82) is 0 Å². The molecule has 7 nitrogen and oxygen atoms in total. The maximum atomic E-state index is 11.9. The van der Waals surface area contributed by atoms with E-state index in [0.29, 0.717) is 38.9 Å². The number of nitrogens with zero attached hydrogens (tertiary/aromatic N) is 1. The van der Waals surface area contributed by atoms with Crippen molar-refractivity contribution >= 4 is 17.9 Å². The first kappa shape index (κ1) is 16.3. The van der Waals surface area contributed by atoms with E-state index in [1.54, 1.807) is 11.9 Å². The SMILES string of the molecule is CNC(=O)C1(C)CCN(C(=O)NCCCCC(=O)O)C1. The molecule has 0 aromatic heterocycles. The highest BCUT2D eigenvalue weighted by atomic mass is 16.4. The fourth-order valence-electron chi connectivity index (χ4n) is 2.33. The van der Waals surface area contributed by atoms with Gasteiger partial charge in [0.2, 0.25) is 5.91 Å². The third-order valence-electron chi connectivity index (χ3n) is 3.63. The van der Waals surface area contributed by atoms with Crippen LogP contribution >= 0.6 is 0 Å². The van der Waals surface area contributed by atoms with E-state index in [1.165, 1.54) is 0 Å². The highest BCUT2D eigenvalue weighted by Crippen LogP contribution is 2.29. The molecule has 20 heavy (non-hydrogen) atoms. The van der Waals surface area contributed by atoms with Crippen LogP contribution in [-0.2, 0) is 9.59 Å². The molecule has 1 aliphatic heterocycles. The molecule has 0 aromatic rings. The van der Waals surface area contributed by atoms with Crippen molar-refractivity contribution in [3.8, 4) is 0 Å². The molecule has 114 valence electrons. The molecule has 0 aliphatic carbocycles. The number of carboxylic acid groups (broad SMARTS) is 1. The predicted octanol–water partition coefficient (Wildman–Crippen LogP) is 0.409. The van der Waals surface area contributed by atoms with Crippen LogP contribution in [0.2, 0.25) is 0 Å². The molecule has 0 bridgehead atoms. The van der Waals surface area contributed by atoms with E-state index in [-0.39, 0.29) is 18.4 Å². The van der Waals surface area contributed by atoms with Gasteiger partial charge in [0.05, 0.1) is 5.41 Å². The van der Waals surface area contributed by atoms with Crippen molar-refractivity contribution in [2.75, 3.05) is 26.7 Å². The molecule has 1 heterocycles. The van der Waals surface area contributed by atoms with Crippen molar-refractivity contribution in [2.24, 2.45) is 5.41 Å². The number of urea groups is 1. The summed E-state index contributed by atoms with van der Waals surface area (Å²) in [5.41, 5.74) is -0.518. The Bertz CT molecular complexity index is 386. The van der Waals surface area contributed by atoms with E-state index in [9.17, 15) is 14.4 Å². The molecule has 1 aliphatic rings. The zero-order valence-electron chi connectivity index (χ0n) is 12.1. The molecule has 1 saturated heterocycles. The summed E-state index contributed by atoms with van der Waals surface area (Å²) in [6.07, 6.45) is 1.96. The summed E-state index contributed by atoms with van der Waals surface area (Å²) in [7, 11) is 1.60. The number of rotatable bonds is 6. The molecule has 0 aromatic carbocycles. The molecule has 0 radical (unpaired) electrons. The largest absolute Gasteiger partial charge is 0.481 e. The molecule has 3 N–H and O–H groups in total. The second kappa shape index (κ2) is 7.12. The fourth-order valence-corrected chi connectivity index (χ4v) is 2.33. The maximum absolute atomic E-state index is 11.9. The summed E-state index contributed by atoms with van der Waals surface area (Å²) in [5.74, 6) is -0.869. The average molecular weight is 285 g/mol. The Morgan fingerprint density at radius 3 is 2.60 bits per heavy atom. The van der Waals surface area contributed by atoms with Crippen LogP contribution in [0, 0.1) is 5.41 Å². The first-order valence-electron chi connectivity index (χ1n) is 6.86. The van der Waals surface area contributed by atoms with E-state index in [1.807, 2.05) is 6.92 Å². The molecular weight excluding hydrogens is 262 g/mol. The topological polar surface area (TPSA) is 98.7 Å². The Labute approximate surface area is 118 Å². The average Bonchev–Trinajstić information content (AvgIpc) is 2.81. The van der Waals surface area contributed by atoms with Gasteiger partial charge in [0, 0.05) is 33.1 Å². The quantitative estimate of drug-likeness (QED) is 0.615. The lowest BCUT2D eigenvalue weighted by Crippen LogP contribution is -2.43. The lowest BCUT2D eigenvalue weighted by Gasteiger charge is -2.22. The van der Waals surface area contributed by atoms with E-state index in [2.05, 4.69) is 10.6 Å². The van der Waals surface area contributed by atoms with Gasteiger partial charge in [0.15, 0.2) is 0 Å². The number of hydrogen-bond acceptors (Lipinski definition) is 3. The summed E-state index contributed by atoms with van der Waals surface area (Å²) in [5, 5.41) is 13.9. The molecule has 1 unspecified atom stereocenters. The molecule has 1 fully saturated rings. The fraction of sp³-hybridized carbons (Fsp3) is 0.769. The molecular formula is C13H23N3O4. The van der Waals surface area contributed by atoms with Crippen LogP contribution in [0.15, 0.2) is 0 Å². The number of likely N-dealkylation sites (tertiary alicyclic amines) is 1. The first-order chi connectivity index (χ1) is 9.39. The van der Waals surface area contributed by atoms with Crippen LogP contribution in [0.1, 0.15) is 32.6 Å². The van der Waals surface area contributed by atoms with Crippen molar-refractivity contribution in [3.05, 3.63) is 0 Å². The summed E-state index contributed by atoms with van der Waals surface area (Å²) in [6, 6.07) is -0.187. The van der Waals surface area contributed by atoms with Gasteiger partial charge in [-0.3, -0.25) is 9.59 Å². The Balaban J connectivity index is 2.28. The van der Waals surface area contributed by atoms with Gasteiger partial charge in [0.1, 0.15) is 0 Å². The van der Waals surface area contributed by atoms with Crippen molar-refractivity contribution < 1.29 is 19.5 Å². The van der Waals surface area contributed by atoms with Crippen LogP contribution in [0.25, 0.3) is 0 Å². The second-order valence-electron chi connectivity index (χ2n) is 5.39. The summed E-state index contributed by atoms with van der Waals surface area (Å²) in [6.45, 7) is 3.28. The van der Waals surface area contributed by atoms with E-state index < -0.39 is 11.4 Å². The van der Waals surface area contributed by atoms with Crippen LogP contribution < -0.4 is 10.6 Å². The van der Waals surface area contributed by atoms with Gasteiger partial charge in [-0.1, -0.05) is 0 Å². The Hall–Kier alpha value is -1.79. The Kier molecular flexibility index (Phi) is 5.79. The monoisotopic (exact) mass is 285 g/mol. The zero-order chi connectivity index (χ0) is 15.2. The molecule has 0 saturated carbocycles. The minimum absolute atomic E-state index is 0.0470. The highest BCUT2D eigenvalue weighted by Gasteiger charge is 2.41. The highest BCUT2D eigenvalue weighted by molar-refractivity contribution is 5.84. The van der Waals surface area contributed by atoms with Crippen LogP contribution in [-0.4, -0.2) is 54.6 Å². The molecule has 1 rings (SSSR count). The van der Waals surface area contributed by atoms with Crippen LogP contribution in [0.5, 0.6) is 0 Å². The third-order valence-corrected chi connectivity index (χ3v) is 3.63. The number of carbonyl (C=O) groups excluding carboxylic acids is 2. The van der Waals surface area contributed by atoms with Crippen LogP contribution in [0.4, 0.5) is 4.79 Å². The van der Waals surface area contributed by atoms with Gasteiger partial charge in [-0.05, 0) is 26.2 Å². The number of hydrogen-bond donors (Lipinski definition) is 3. The van der Waals surface area contributed by atoms with Gasteiger partial charge in [0.25, 0.3) is 0 Å². The van der Waals surface area contributed by atoms with Crippen molar-refractivity contribution in [3.63, 3.8) is 0 Å². The van der Waals surface area contributed by atoms with E-state index in [0.717, 1.165) is 0 Å². The van der Waals surface area contributed by atoms with E-state index in [4.69, 9.17) is 5.11 Å². The van der Waals surface area contributed by atoms with Crippen LogP contribution in [0.3, 0.4) is 0 Å². The Morgan fingerprint density at radius 2 is 2.00 bits per heavy atom. The number of amides is 3. The smallest absolute Gasteiger partial charge is 0.317 e. The minimum Gasteiger partial charge on any atom is -0.481 e. The number of nitrogens with one attached hydrogen (secondary N) is 2. The Morgan fingerprint density at radius 1 is 1.30 bits per heavy atom. The summed E-state index contributed by atoms with van der Waals surface area (Å²) in [4.78, 5) is 35.6. The number of carbonyl (C=O) groups is 3. The first-order valence-corrected chi connectivity index (χ1v) is 6.86. The second-order valence-corrected chi connectivity index (χ2v) is 5.39. The normalized spacial score (nSPS) is 21.6. The van der Waals surface area contributed by atoms with Crippen molar-refractivity contribution in [1.82, 2.24) is 15.5 Å². The summed E-state index contributed by atoms with van der Waals surface area (Å²) >= 11 is 0. The van der Waals surface area contributed by atoms with Gasteiger partial charge in [-0.15, -0.1) is 0 Å². The number of unbranched alkanes of at least 4 members (excludes halogenated alkanes) is 1. The predicted molar refractivity (Wildman–Crippen MR) is 73.2 cm³/mol. The third kappa shape index (κ3) is 4.40. The molecule has 7 heteroatoms. The minimum atomic E-state index is -0.822. The lowest BCUT2D eigenvalue weighted by atomic mass is 9.89. The van der Waals surface area contributed by atoms with Crippen molar-refractivity contribution in [2.45, 2.75) is 32.6 Å². The van der Waals surface area contributed by atoms with E-state index >= 15 is 0 Å². The number of carboxylic acids is 1. The summed E-state index contributed by atoms with van der Waals surface area (Å²) < 4.78 is 0.